The Kier molecular flexibility index (Phi) is 7.58. The molecule has 0 bridgehead atoms. The third kappa shape index (κ3) is 5.86. The summed E-state index contributed by atoms with van der Waals surface area (Å²) in [5, 5.41) is 13.1. The van der Waals surface area contributed by atoms with Crippen molar-refractivity contribution in [1.82, 2.24) is 4.57 Å². The van der Waals surface area contributed by atoms with E-state index in [1.807, 2.05) is 99.6 Å². The summed E-state index contributed by atoms with van der Waals surface area (Å²) < 4.78 is 7.98. The zero-order valence-corrected chi connectivity index (χ0v) is 21.1. The monoisotopic (exact) mass is 495 g/mol. The Labute approximate surface area is 216 Å². The number of nitriles is 1. The second-order valence-corrected chi connectivity index (χ2v) is 9.00. The third-order valence-corrected chi connectivity index (χ3v) is 6.08. The van der Waals surface area contributed by atoms with Gasteiger partial charge in [0.1, 0.15) is 24.0 Å². The molecule has 36 heavy (non-hydrogen) atoms. The average Bonchev–Trinajstić information content (AvgIpc) is 3.15. The number of nitrogens with one attached hydrogen (secondary N) is 1. The molecule has 1 heterocycles. The quantitative estimate of drug-likeness (QED) is 0.218. The number of anilines is 1. The van der Waals surface area contributed by atoms with Crippen LogP contribution in [-0.4, -0.2) is 10.5 Å². The second kappa shape index (κ2) is 11.0. The molecule has 6 heteroatoms. The minimum Gasteiger partial charge on any atom is -0.489 e. The molecular formula is C30H26ClN3O2. The number of halogens is 1. The van der Waals surface area contributed by atoms with E-state index < -0.39 is 5.91 Å². The van der Waals surface area contributed by atoms with E-state index in [9.17, 15) is 10.1 Å². The first-order valence-corrected chi connectivity index (χ1v) is 11.9. The maximum absolute atomic E-state index is 12.7. The lowest BCUT2D eigenvalue weighted by atomic mass is 10.1. The Morgan fingerprint density at radius 1 is 1.03 bits per heavy atom. The molecule has 0 fully saturated rings. The summed E-state index contributed by atoms with van der Waals surface area (Å²) in [5.41, 5.74) is 6.46. The lowest BCUT2D eigenvalue weighted by Gasteiger charge is -2.12. The maximum Gasteiger partial charge on any atom is 0.266 e. The largest absolute Gasteiger partial charge is 0.489 e. The summed E-state index contributed by atoms with van der Waals surface area (Å²) in [5.74, 6) is 0.325. The van der Waals surface area contributed by atoms with E-state index in [0.29, 0.717) is 17.3 Å². The molecule has 0 saturated carbocycles. The normalized spacial score (nSPS) is 11.1. The summed E-state index contributed by atoms with van der Waals surface area (Å²) in [6.07, 6.45) is 1.63. The molecule has 180 valence electrons. The standard InChI is InChI=1S/C30H26ClN3O2/c1-20-5-4-6-27(15-20)33-30(35)25(18-32)17-24-16-21(2)34(22(24)3)28-11-13-29(14-12-28)36-19-23-7-9-26(31)10-8-23/h4-17H,19H2,1-3H3,(H,33,35)/b25-17+. The number of ether oxygens (including phenoxy) is 1. The molecule has 4 rings (SSSR count). The molecule has 0 unspecified atom stereocenters. The highest BCUT2D eigenvalue weighted by Gasteiger charge is 2.14. The van der Waals surface area contributed by atoms with Crippen molar-refractivity contribution >= 4 is 29.3 Å². The number of carbonyl (C=O) groups excluding carboxylic acids is 1. The number of carbonyl (C=O) groups is 1. The van der Waals surface area contributed by atoms with Gasteiger partial charge in [0.15, 0.2) is 0 Å². The Hall–Kier alpha value is -4.27. The molecule has 4 aromatic rings. The van der Waals surface area contributed by atoms with Crippen molar-refractivity contribution in [2.24, 2.45) is 0 Å². The van der Waals surface area contributed by atoms with Gasteiger partial charge in [-0.25, -0.2) is 0 Å². The fourth-order valence-electron chi connectivity index (χ4n) is 4.00. The molecule has 5 nitrogen and oxygen atoms in total. The first-order chi connectivity index (χ1) is 17.3. The molecule has 1 amide bonds. The van der Waals surface area contributed by atoms with Crippen LogP contribution in [0.5, 0.6) is 5.75 Å². The van der Waals surface area contributed by atoms with Gasteiger partial charge in [0.25, 0.3) is 5.91 Å². The van der Waals surface area contributed by atoms with Crippen LogP contribution in [0.15, 0.2) is 84.4 Å². The van der Waals surface area contributed by atoms with Gasteiger partial charge in [0, 0.05) is 27.8 Å². The zero-order chi connectivity index (χ0) is 25.7. The molecule has 0 spiro atoms. The molecule has 1 N–H and O–H groups in total. The van der Waals surface area contributed by atoms with E-state index in [1.165, 1.54) is 0 Å². The molecule has 0 atom stereocenters. The van der Waals surface area contributed by atoms with Crippen LogP contribution in [0.1, 0.15) is 28.1 Å². The number of hydrogen-bond acceptors (Lipinski definition) is 3. The summed E-state index contributed by atoms with van der Waals surface area (Å²) in [4.78, 5) is 12.7. The van der Waals surface area contributed by atoms with Gasteiger partial charge in [-0.1, -0.05) is 35.9 Å². The molecule has 1 aromatic heterocycles. The Bertz CT molecular complexity index is 1460. The van der Waals surface area contributed by atoms with E-state index in [1.54, 1.807) is 12.1 Å². The lowest BCUT2D eigenvalue weighted by Crippen LogP contribution is -2.13. The van der Waals surface area contributed by atoms with E-state index in [-0.39, 0.29) is 5.57 Å². The van der Waals surface area contributed by atoms with Gasteiger partial charge in [-0.2, -0.15) is 5.26 Å². The first kappa shape index (κ1) is 24.8. The van der Waals surface area contributed by atoms with E-state index in [2.05, 4.69) is 9.88 Å². The molecule has 0 radical (unpaired) electrons. The number of hydrogen-bond donors (Lipinski definition) is 1. The minimum absolute atomic E-state index is 0.0442. The molecule has 0 aliphatic rings. The van der Waals surface area contributed by atoms with Gasteiger partial charge in [-0.3, -0.25) is 4.79 Å². The minimum atomic E-state index is -0.435. The summed E-state index contributed by atoms with van der Waals surface area (Å²) in [7, 11) is 0. The van der Waals surface area contributed by atoms with Crippen LogP contribution in [-0.2, 0) is 11.4 Å². The van der Waals surface area contributed by atoms with Crippen molar-refractivity contribution in [3.05, 3.63) is 118 Å². The third-order valence-electron chi connectivity index (χ3n) is 5.82. The highest BCUT2D eigenvalue weighted by molar-refractivity contribution is 6.30. The number of nitrogens with zero attached hydrogens (tertiary/aromatic N) is 2. The number of rotatable bonds is 7. The molecule has 3 aromatic carbocycles. The number of benzene rings is 3. The van der Waals surface area contributed by atoms with E-state index >= 15 is 0 Å². The Morgan fingerprint density at radius 2 is 1.75 bits per heavy atom. The molecule has 0 aliphatic carbocycles. The number of aryl methyl sites for hydroxylation is 2. The fraction of sp³-hybridized carbons (Fsp3) is 0.133. The van der Waals surface area contributed by atoms with Crippen LogP contribution >= 0.6 is 11.6 Å². The number of aromatic nitrogens is 1. The summed E-state index contributed by atoms with van der Waals surface area (Å²) >= 11 is 5.94. The summed E-state index contributed by atoms with van der Waals surface area (Å²) in [6, 6.07) is 26.9. The zero-order valence-electron chi connectivity index (χ0n) is 20.4. The highest BCUT2D eigenvalue weighted by Crippen LogP contribution is 2.25. The van der Waals surface area contributed by atoms with Crippen LogP contribution in [0.25, 0.3) is 11.8 Å². The van der Waals surface area contributed by atoms with Gasteiger partial charge in [-0.15, -0.1) is 0 Å². The second-order valence-electron chi connectivity index (χ2n) is 8.56. The van der Waals surface area contributed by atoms with Crippen molar-refractivity contribution in [3.63, 3.8) is 0 Å². The fourth-order valence-corrected chi connectivity index (χ4v) is 4.12. The van der Waals surface area contributed by atoms with E-state index in [0.717, 1.165) is 39.5 Å². The highest BCUT2D eigenvalue weighted by atomic mass is 35.5. The molecule has 0 saturated heterocycles. The SMILES string of the molecule is Cc1cccc(NC(=O)/C(C#N)=C/c2cc(C)n(-c3ccc(OCc4ccc(Cl)cc4)cc3)c2C)c1. The van der Waals surface area contributed by atoms with Crippen LogP contribution in [0.2, 0.25) is 5.02 Å². The average molecular weight is 496 g/mol. The van der Waals surface area contributed by atoms with Crippen molar-refractivity contribution in [3.8, 4) is 17.5 Å². The van der Waals surface area contributed by atoms with Crippen LogP contribution in [0, 0.1) is 32.1 Å². The van der Waals surface area contributed by atoms with Crippen molar-refractivity contribution in [1.29, 1.82) is 5.26 Å². The van der Waals surface area contributed by atoms with Gasteiger partial charge >= 0.3 is 0 Å². The van der Waals surface area contributed by atoms with Gasteiger partial charge in [0.05, 0.1) is 0 Å². The predicted octanol–water partition coefficient (Wildman–Crippen LogP) is 7.18. The predicted molar refractivity (Wildman–Crippen MR) is 144 cm³/mol. The maximum atomic E-state index is 12.7. The topological polar surface area (TPSA) is 67.0 Å². The van der Waals surface area contributed by atoms with Crippen molar-refractivity contribution in [2.45, 2.75) is 27.4 Å². The van der Waals surface area contributed by atoms with Crippen LogP contribution in [0.4, 0.5) is 5.69 Å². The molecular weight excluding hydrogens is 470 g/mol. The van der Waals surface area contributed by atoms with E-state index in [4.69, 9.17) is 16.3 Å². The summed E-state index contributed by atoms with van der Waals surface area (Å²) in [6.45, 7) is 6.36. The van der Waals surface area contributed by atoms with Crippen LogP contribution in [0.3, 0.4) is 0 Å². The Balaban J connectivity index is 1.51. The van der Waals surface area contributed by atoms with Crippen molar-refractivity contribution in [2.75, 3.05) is 5.32 Å². The molecule has 0 aliphatic heterocycles. The van der Waals surface area contributed by atoms with Gasteiger partial charge < -0.3 is 14.6 Å². The number of amides is 1. The van der Waals surface area contributed by atoms with Crippen molar-refractivity contribution < 1.29 is 9.53 Å². The lowest BCUT2D eigenvalue weighted by molar-refractivity contribution is -0.112. The van der Waals surface area contributed by atoms with Crippen LogP contribution < -0.4 is 10.1 Å². The smallest absolute Gasteiger partial charge is 0.266 e. The Morgan fingerprint density at radius 3 is 2.42 bits per heavy atom. The van der Waals surface area contributed by atoms with Gasteiger partial charge in [0.2, 0.25) is 0 Å². The first-order valence-electron chi connectivity index (χ1n) is 11.5. The van der Waals surface area contributed by atoms with Gasteiger partial charge in [-0.05, 0) is 98.1 Å².